The highest BCUT2D eigenvalue weighted by Gasteiger charge is 2.49. The van der Waals surface area contributed by atoms with Gasteiger partial charge in [0.25, 0.3) is 0 Å². The number of fused-ring (bicyclic) bond motifs is 1. The number of nitrogens with two attached hydrogens (primary N) is 2. The number of methoxy groups -OCH3 is 1. The Bertz CT molecular complexity index is 1210. The van der Waals surface area contributed by atoms with Crippen LogP contribution in [-0.4, -0.2) is 78.8 Å². The van der Waals surface area contributed by atoms with E-state index < -0.39 is 42.4 Å². The molecule has 0 bridgehead atoms. The molecule has 1 fully saturated rings. The molecule has 0 spiro atoms. The first kappa shape index (κ1) is 24.7. The molecule has 1 unspecified atom stereocenters. The van der Waals surface area contributed by atoms with Crippen molar-refractivity contribution in [3.63, 3.8) is 0 Å². The summed E-state index contributed by atoms with van der Waals surface area (Å²) in [6.07, 6.45) is -1.59. The van der Waals surface area contributed by atoms with E-state index in [-0.39, 0.29) is 22.7 Å². The van der Waals surface area contributed by atoms with Crippen molar-refractivity contribution in [3.05, 3.63) is 42.5 Å². The van der Waals surface area contributed by atoms with E-state index in [1.807, 2.05) is 24.3 Å². The average molecular weight is 504 g/mol. The number of rotatable bonds is 9. The molecular formula is C21H25N7O6S. The maximum atomic E-state index is 12.7. The molecule has 3 aromatic rings. The molecule has 1 aliphatic rings. The Morgan fingerprint density at radius 3 is 2.71 bits per heavy atom. The number of amides is 1. The van der Waals surface area contributed by atoms with Crippen LogP contribution in [-0.2, 0) is 20.1 Å². The molecule has 2 aromatic heterocycles. The van der Waals surface area contributed by atoms with Gasteiger partial charge in [-0.05, 0) is 17.7 Å². The maximum Gasteiger partial charge on any atom is 0.335 e. The minimum absolute atomic E-state index is 0.124. The van der Waals surface area contributed by atoms with Crippen LogP contribution in [0.1, 0.15) is 11.8 Å². The zero-order valence-electron chi connectivity index (χ0n) is 18.6. The molecule has 3 heterocycles. The number of aliphatic hydroxyl groups is 1. The Kier molecular flexibility index (Phi) is 7.35. The average Bonchev–Trinajstić information content (AvgIpc) is 3.41. The van der Waals surface area contributed by atoms with Crippen molar-refractivity contribution in [2.45, 2.75) is 36.3 Å². The molecule has 186 valence electrons. The fourth-order valence-corrected chi connectivity index (χ4v) is 4.65. The van der Waals surface area contributed by atoms with Gasteiger partial charge >= 0.3 is 5.97 Å². The number of carboxylic acid groups (broad SMARTS) is 1. The summed E-state index contributed by atoms with van der Waals surface area (Å²) >= 11 is 1.45. The Morgan fingerprint density at radius 2 is 2.03 bits per heavy atom. The molecule has 0 aliphatic carbocycles. The molecule has 1 aromatic carbocycles. The molecule has 5 atom stereocenters. The van der Waals surface area contributed by atoms with Gasteiger partial charge in [0.1, 0.15) is 23.7 Å². The zero-order chi connectivity index (χ0) is 25.1. The number of nitrogens with one attached hydrogen (secondary N) is 1. The number of aromatic nitrogens is 4. The molecule has 0 saturated carbocycles. The molecule has 13 nitrogen and oxygen atoms in total. The topological polar surface area (TPSA) is 201 Å². The van der Waals surface area contributed by atoms with Crippen LogP contribution < -0.4 is 21.5 Å². The summed E-state index contributed by atoms with van der Waals surface area (Å²) < 4.78 is 12.1. The number of anilines is 1. The quantitative estimate of drug-likeness (QED) is 0.251. The van der Waals surface area contributed by atoms with Gasteiger partial charge < -0.3 is 36.5 Å². The van der Waals surface area contributed by atoms with E-state index >= 15 is 0 Å². The molecule has 4 rings (SSSR count). The number of thioether (sulfide) groups is 1. The normalized spacial score (nSPS) is 22.7. The fraction of sp³-hybridized carbons (Fsp3) is 0.381. The number of hydrogen-bond donors (Lipinski definition) is 5. The monoisotopic (exact) mass is 503 g/mol. The van der Waals surface area contributed by atoms with Crippen molar-refractivity contribution >= 4 is 40.6 Å². The zero-order valence-corrected chi connectivity index (χ0v) is 19.5. The van der Waals surface area contributed by atoms with Crippen LogP contribution in [0.4, 0.5) is 5.82 Å². The number of carbonyl (C=O) groups is 2. The van der Waals surface area contributed by atoms with Crippen molar-refractivity contribution in [3.8, 4) is 5.75 Å². The summed E-state index contributed by atoms with van der Waals surface area (Å²) in [6.45, 7) is 0. The van der Waals surface area contributed by atoms with Gasteiger partial charge in [0.05, 0.1) is 25.5 Å². The molecule has 1 aliphatic heterocycles. The van der Waals surface area contributed by atoms with Gasteiger partial charge in [0.15, 0.2) is 23.8 Å². The highest BCUT2D eigenvalue weighted by molar-refractivity contribution is 7.98. The Morgan fingerprint density at radius 1 is 1.29 bits per heavy atom. The Balaban J connectivity index is 1.40. The minimum Gasteiger partial charge on any atom is -0.497 e. The number of benzene rings is 1. The van der Waals surface area contributed by atoms with Gasteiger partial charge in [-0.1, -0.05) is 12.1 Å². The molecule has 7 N–H and O–H groups in total. The lowest BCUT2D eigenvalue weighted by atomic mass is 10.1. The second-order valence-electron chi connectivity index (χ2n) is 7.86. The number of nitrogens with zero attached hydrogens (tertiary/aromatic N) is 4. The molecular weight excluding hydrogens is 478 g/mol. The molecule has 35 heavy (non-hydrogen) atoms. The van der Waals surface area contributed by atoms with Gasteiger partial charge in [-0.3, -0.25) is 9.36 Å². The summed E-state index contributed by atoms with van der Waals surface area (Å²) in [5.74, 6) is -0.173. The van der Waals surface area contributed by atoms with Gasteiger partial charge in [-0.2, -0.15) is 11.8 Å². The third-order valence-corrected chi connectivity index (χ3v) is 6.68. The summed E-state index contributed by atoms with van der Waals surface area (Å²) in [5, 5.41) is 23.0. The van der Waals surface area contributed by atoms with Crippen LogP contribution in [0.3, 0.4) is 0 Å². The molecule has 0 radical (unpaired) electrons. The van der Waals surface area contributed by atoms with Gasteiger partial charge in [-0.15, -0.1) is 0 Å². The number of nitrogen functional groups attached to an aromatic ring is 1. The van der Waals surface area contributed by atoms with Crippen molar-refractivity contribution in [1.29, 1.82) is 0 Å². The summed E-state index contributed by atoms with van der Waals surface area (Å²) in [7, 11) is 1.59. The van der Waals surface area contributed by atoms with Gasteiger partial charge in [0.2, 0.25) is 5.91 Å². The van der Waals surface area contributed by atoms with E-state index in [0.29, 0.717) is 5.75 Å². The van der Waals surface area contributed by atoms with Crippen LogP contribution in [0.2, 0.25) is 0 Å². The lowest BCUT2D eigenvalue weighted by molar-refractivity contribution is -0.152. The van der Waals surface area contributed by atoms with E-state index in [1.54, 1.807) is 7.11 Å². The van der Waals surface area contributed by atoms with Crippen LogP contribution in [0.25, 0.3) is 11.2 Å². The highest BCUT2D eigenvalue weighted by atomic mass is 32.2. The third kappa shape index (κ3) is 5.14. The Hall–Kier alpha value is -3.46. The second kappa shape index (κ2) is 10.4. The van der Waals surface area contributed by atoms with Crippen LogP contribution >= 0.6 is 11.8 Å². The first-order valence-corrected chi connectivity index (χ1v) is 11.7. The van der Waals surface area contributed by atoms with Crippen LogP contribution in [0.15, 0.2) is 36.9 Å². The third-order valence-electron chi connectivity index (χ3n) is 5.55. The number of aliphatic hydroxyl groups excluding tert-OH is 1. The van der Waals surface area contributed by atoms with Crippen molar-refractivity contribution in [2.75, 3.05) is 18.6 Å². The summed E-state index contributed by atoms with van der Waals surface area (Å²) in [5.41, 5.74) is 13.4. The number of hydrogen-bond acceptors (Lipinski definition) is 11. The molecule has 1 saturated heterocycles. The molecule has 1 amide bonds. The smallest absolute Gasteiger partial charge is 0.335 e. The minimum atomic E-state index is -1.52. The van der Waals surface area contributed by atoms with E-state index in [1.165, 1.54) is 29.0 Å². The van der Waals surface area contributed by atoms with Crippen LogP contribution in [0, 0.1) is 0 Å². The largest absolute Gasteiger partial charge is 0.497 e. The first-order valence-electron chi connectivity index (χ1n) is 10.6. The number of carbonyl (C=O) groups excluding carboxylic acids is 1. The number of carboxylic acids is 1. The lowest BCUT2D eigenvalue weighted by Crippen LogP contribution is -2.54. The summed E-state index contributed by atoms with van der Waals surface area (Å²) in [4.78, 5) is 36.6. The maximum absolute atomic E-state index is 12.7. The standard InChI is InChI=1S/C21H25N7O6S/c1-33-11-4-2-10(3-5-11)6-35-7-12(22)19(30)27-13-15(29)20(34-16(13)21(31)32)28-9-26-14-17(23)24-8-25-18(14)28/h2-5,8-9,12-13,15-16,20,29H,6-7,22H2,1H3,(H,27,30)(H,31,32)(H2,23,24,25)/t12?,13-,15+,16-,20+/m0/s1. The van der Waals surface area contributed by atoms with Gasteiger partial charge in [0, 0.05) is 11.5 Å². The Labute approximate surface area is 203 Å². The van der Waals surface area contributed by atoms with Crippen molar-refractivity contribution in [2.24, 2.45) is 5.73 Å². The summed E-state index contributed by atoms with van der Waals surface area (Å²) in [6, 6.07) is 5.34. The first-order chi connectivity index (χ1) is 16.8. The van der Waals surface area contributed by atoms with E-state index in [4.69, 9.17) is 20.9 Å². The highest BCUT2D eigenvalue weighted by Crippen LogP contribution is 2.32. The number of imidazole rings is 1. The molecule has 14 heteroatoms. The van der Waals surface area contributed by atoms with Crippen molar-refractivity contribution < 1.29 is 29.3 Å². The van der Waals surface area contributed by atoms with Crippen LogP contribution in [0.5, 0.6) is 5.75 Å². The van der Waals surface area contributed by atoms with E-state index in [9.17, 15) is 19.8 Å². The fourth-order valence-electron chi connectivity index (χ4n) is 3.70. The number of ether oxygens (including phenoxy) is 2. The van der Waals surface area contributed by atoms with E-state index in [2.05, 4.69) is 20.3 Å². The van der Waals surface area contributed by atoms with Gasteiger partial charge in [-0.25, -0.2) is 19.7 Å². The second-order valence-corrected chi connectivity index (χ2v) is 8.89. The number of aliphatic carboxylic acids is 1. The lowest BCUT2D eigenvalue weighted by Gasteiger charge is -2.22. The predicted octanol–water partition coefficient (Wildman–Crippen LogP) is -0.494. The van der Waals surface area contributed by atoms with E-state index in [0.717, 1.165) is 11.3 Å². The predicted molar refractivity (Wildman–Crippen MR) is 126 cm³/mol. The SMILES string of the molecule is COc1ccc(CSCC(N)C(=O)N[C@H]2[C@@H](O)[C@H](n3cnc4c(N)ncnc43)O[C@@H]2C(=O)O)cc1. The van der Waals surface area contributed by atoms with Crippen molar-refractivity contribution in [1.82, 2.24) is 24.8 Å².